The van der Waals surface area contributed by atoms with Crippen molar-refractivity contribution in [2.45, 2.75) is 6.04 Å². The Balaban J connectivity index is 1.58. The second-order valence-corrected chi connectivity index (χ2v) is 6.19. The molecule has 4 rings (SSSR count). The quantitative estimate of drug-likeness (QED) is 0.659. The molecule has 7 nitrogen and oxygen atoms in total. The van der Waals surface area contributed by atoms with Gasteiger partial charge in [-0.1, -0.05) is 6.07 Å². The van der Waals surface area contributed by atoms with E-state index in [-0.39, 0.29) is 12.1 Å². The number of hydrogen-bond acceptors (Lipinski definition) is 5. The Morgan fingerprint density at radius 1 is 1.22 bits per heavy atom. The zero-order chi connectivity index (χ0) is 18.8. The van der Waals surface area contributed by atoms with Crippen molar-refractivity contribution in [1.82, 2.24) is 10.3 Å². The van der Waals surface area contributed by atoms with Crippen LogP contribution in [0.3, 0.4) is 0 Å². The first-order valence-electron chi connectivity index (χ1n) is 8.63. The van der Waals surface area contributed by atoms with Gasteiger partial charge in [-0.25, -0.2) is 9.78 Å². The molecule has 2 amide bonds. The van der Waals surface area contributed by atoms with Crippen molar-refractivity contribution in [2.24, 2.45) is 0 Å². The molecule has 0 bridgehead atoms. The number of ether oxygens (including phenoxy) is 2. The largest absolute Gasteiger partial charge is 0.496 e. The standard InChI is InChI=1S/C20H20N4O3/c1-21-20(25)22-13-7-8-14-12(10-13)6-9-18(23-14)24-15-11-27-17-5-3-4-16(26-2)19(15)17/h3-10,15H,11H2,1-2H3,(H,23,24)(H2,21,22,25). The number of urea groups is 1. The van der Waals surface area contributed by atoms with E-state index in [1.165, 1.54) is 0 Å². The summed E-state index contributed by atoms with van der Waals surface area (Å²) in [6.45, 7) is 0.518. The van der Waals surface area contributed by atoms with Crippen LogP contribution in [-0.2, 0) is 0 Å². The molecule has 0 fully saturated rings. The molecule has 2 heterocycles. The highest BCUT2D eigenvalue weighted by atomic mass is 16.5. The van der Waals surface area contributed by atoms with Crippen LogP contribution in [-0.4, -0.2) is 31.8 Å². The van der Waals surface area contributed by atoms with Crippen LogP contribution < -0.4 is 25.4 Å². The van der Waals surface area contributed by atoms with Crippen molar-refractivity contribution in [3.8, 4) is 11.5 Å². The topological polar surface area (TPSA) is 84.5 Å². The Morgan fingerprint density at radius 3 is 2.93 bits per heavy atom. The van der Waals surface area contributed by atoms with Gasteiger partial charge in [0, 0.05) is 18.1 Å². The van der Waals surface area contributed by atoms with Crippen molar-refractivity contribution >= 4 is 28.4 Å². The Hall–Kier alpha value is -3.48. The number of pyridine rings is 1. The van der Waals surface area contributed by atoms with Crippen LogP contribution in [0.5, 0.6) is 11.5 Å². The van der Waals surface area contributed by atoms with E-state index in [2.05, 4.69) is 20.9 Å². The summed E-state index contributed by atoms with van der Waals surface area (Å²) < 4.78 is 11.2. The molecule has 0 spiro atoms. The predicted molar refractivity (Wildman–Crippen MR) is 105 cm³/mol. The van der Waals surface area contributed by atoms with Gasteiger partial charge < -0.3 is 25.4 Å². The molecule has 0 radical (unpaired) electrons. The Kier molecular flexibility index (Phi) is 4.42. The van der Waals surface area contributed by atoms with Crippen molar-refractivity contribution in [2.75, 3.05) is 31.4 Å². The molecule has 3 N–H and O–H groups in total. The number of amides is 2. The minimum atomic E-state index is -0.255. The normalized spacial score (nSPS) is 15.0. The highest BCUT2D eigenvalue weighted by Gasteiger charge is 2.28. The fraction of sp³-hybridized carbons (Fsp3) is 0.200. The number of rotatable bonds is 4. The number of nitrogens with zero attached hydrogens (tertiary/aromatic N) is 1. The smallest absolute Gasteiger partial charge is 0.318 e. The molecule has 1 aliphatic heterocycles. The first kappa shape index (κ1) is 17.0. The van der Waals surface area contributed by atoms with Crippen LogP contribution in [0, 0.1) is 0 Å². The van der Waals surface area contributed by atoms with Crippen molar-refractivity contribution < 1.29 is 14.3 Å². The molecule has 7 heteroatoms. The van der Waals surface area contributed by atoms with Gasteiger partial charge in [-0.3, -0.25) is 0 Å². The first-order chi connectivity index (χ1) is 13.2. The lowest BCUT2D eigenvalue weighted by atomic mass is 10.1. The summed E-state index contributed by atoms with van der Waals surface area (Å²) in [5.41, 5.74) is 2.56. The second kappa shape index (κ2) is 7.03. The zero-order valence-electron chi connectivity index (χ0n) is 15.1. The maximum Gasteiger partial charge on any atom is 0.318 e. The lowest BCUT2D eigenvalue weighted by Gasteiger charge is -2.15. The summed E-state index contributed by atoms with van der Waals surface area (Å²) in [5.74, 6) is 2.38. The zero-order valence-corrected chi connectivity index (χ0v) is 15.1. The highest BCUT2D eigenvalue weighted by Crippen LogP contribution is 2.40. The average molecular weight is 364 g/mol. The molecule has 1 unspecified atom stereocenters. The van der Waals surface area contributed by atoms with Gasteiger partial charge in [0.15, 0.2) is 0 Å². The van der Waals surface area contributed by atoms with Crippen LogP contribution in [0.25, 0.3) is 10.9 Å². The number of anilines is 2. The minimum Gasteiger partial charge on any atom is -0.496 e. The molecule has 0 saturated heterocycles. The molecular formula is C20H20N4O3. The minimum absolute atomic E-state index is 0.0321. The number of methoxy groups -OCH3 is 1. The number of carbonyl (C=O) groups excluding carboxylic acids is 1. The molecule has 138 valence electrons. The van der Waals surface area contributed by atoms with Crippen molar-refractivity contribution in [3.63, 3.8) is 0 Å². The summed E-state index contributed by atoms with van der Waals surface area (Å²) in [6.07, 6.45) is 0. The van der Waals surface area contributed by atoms with E-state index < -0.39 is 0 Å². The summed E-state index contributed by atoms with van der Waals surface area (Å²) in [7, 11) is 3.24. The molecule has 0 saturated carbocycles. The molecule has 1 atom stereocenters. The van der Waals surface area contributed by atoms with Crippen LogP contribution in [0.15, 0.2) is 48.5 Å². The maximum atomic E-state index is 11.4. The van der Waals surface area contributed by atoms with E-state index in [0.717, 1.165) is 33.8 Å². The number of aromatic nitrogens is 1. The van der Waals surface area contributed by atoms with Gasteiger partial charge >= 0.3 is 6.03 Å². The average Bonchev–Trinajstić information content (AvgIpc) is 3.11. The summed E-state index contributed by atoms with van der Waals surface area (Å²) >= 11 is 0. The van der Waals surface area contributed by atoms with E-state index in [0.29, 0.717) is 12.3 Å². The van der Waals surface area contributed by atoms with Crippen LogP contribution >= 0.6 is 0 Å². The monoisotopic (exact) mass is 364 g/mol. The maximum absolute atomic E-state index is 11.4. The Bertz CT molecular complexity index is 1010. The summed E-state index contributed by atoms with van der Waals surface area (Å²) in [6, 6.07) is 15.0. The fourth-order valence-electron chi connectivity index (χ4n) is 3.20. The number of benzene rings is 2. The molecular weight excluding hydrogens is 344 g/mol. The van der Waals surface area contributed by atoms with E-state index in [4.69, 9.17) is 9.47 Å². The third kappa shape index (κ3) is 3.31. The third-order valence-electron chi connectivity index (χ3n) is 4.50. The SMILES string of the molecule is CNC(=O)Nc1ccc2nc(NC3COc4cccc(OC)c43)ccc2c1. The van der Waals surface area contributed by atoms with E-state index in [9.17, 15) is 4.79 Å². The van der Waals surface area contributed by atoms with Crippen molar-refractivity contribution in [3.05, 3.63) is 54.1 Å². The summed E-state index contributed by atoms with van der Waals surface area (Å²) in [5, 5.41) is 9.65. The molecule has 1 aromatic heterocycles. The van der Waals surface area contributed by atoms with Gasteiger partial charge in [0.05, 0.1) is 24.2 Å². The molecule has 27 heavy (non-hydrogen) atoms. The lowest BCUT2D eigenvalue weighted by molar-refractivity contribution is 0.254. The molecule has 1 aliphatic rings. The Morgan fingerprint density at radius 2 is 2.11 bits per heavy atom. The van der Waals surface area contributed by atoms with Crippen LogP contribution in [0.2, 0.25) is 0 Å². The van der Waals surface area contributed by atoms with Crippen LogP contribution in [0.1, 0.15) is 11.6 Å². The highest BCUT2D eigenvalue weighted by molar-refractivity contribution is 5.92. The third-order valence-corrected chi connectivity index (χ3v) is 4.50. The number of fused-ring (bicyclic) bond motifs is 2. The first-order valence-corrected chi connectivity index (χ1v) is 8.63. The van der Waals surface area contributed by atoms with Gasteiger partial charge in [-0.15, -0.1) is 0 Å². The fourth-order valence-corrected chi connectivity index (χ4v) is 3.20. The van der Waals surface area contributed by atoms with Crippen LogP contribution in [0.4, 0.5) is 16.3 Å². The molecule has 2 aromatic carbocycles. The predicted octanol–water partition coefficient (Wildman–Crippen LogP) is 3.54. The van der Waals surface area contributed by atoms with Gasteiger partial charge in [0.25, 0.3) is 0 Å². The molecule has 0 aliphatic carbocycles. The van der Waals surface area contributed by atoms with E-state index in [1.54, 1.807) is 14.2 Å². The summed E-state index contributed by atoms with van der Waals surface area (Å²) in [4.78, 5) is 16.1. The second-order valence-electron chi connectivity index (χ2n) is 6.19. The van der Waals surface area contributed by atoms with E-state index >= 15 is 0 Å². The number of hydrogen-bond donors (Lipinski definition) is 3. The van der Waals surface area contributed by atoms with Crippen molar-refractivity contribution in [1.29, 1.82) is 0 Å². The number of carbonyl (C=O) groups is 1. The van der Waals surface area contributed by atoms with Gasteiger partial charge in [-0.2, -0.15) is 0 Å². The van der Waals surface area contributed by atoms with Gasteiger partial charge in [0.2, 0.25) is 0 Å². The van der Waals surface area contributed by atoms with Gasteiger partial charge in [-0.05, 0) is 42.5 Å². The molecule has 3 aromatic rings. The number of nitrogens with one attached hydrogen (secondary N) is 3. The Labute approximate surface area is 156 Å². The lowest BCUT2D eigenvalue weighted by Crippen LogP contribution is -2.24. The van der Waals surface area contributed by atoms with E-state index in [1.807, 2.05) is 48.5 Å². The van der Waals surface area contributed by atoms with Gasteiger partial charge in [0.1, 0.15) is 23.9 Å².